The van der Waals surface area contributed by atoms with Crippen LogP contribution in [0.2, 0.25) is 0 Å². The molecule has 6 amide bonds. The molecular weight excluding hydrogens is 981 g/mol. The van der Waals surface area contributed by atoms with Gasteiger partial charge in [0.15, 0.2) is 0 Å². The normalized spacial score (nSPS) is 12.9. The van der Waals surface area contributed by atoms with Gasteiger partial charge >= 0.3 is 0 Å². The zero-order chi connectivity index (χ0) is 38.6. The molecule has 0 aliphatic rings. The molecule has 0 radical (unpaired) electrons. The number of amides is 6. The minimum atomic E-state index is -0.813. The van der Waals surface area contributed by atoms with Gasteiger partial charge in [-0.3, -0.25) is 24.1 Å². The number of nitrogens with zero attached hydrogens (tertiary/aromatic N) is 2. The van der Waals surface area contributed by atoms with E-state index >= 15 is 0 Å². The minimum Gasteiger partial charge on any atom is -0.380 e. The Morgan fingerprint density at radius 1 is 0.815 bits per heavy atom. The first-order valence-electron chi connectivity index (χ1n) is 17.8. The maximum Gasteiger partial charge on any atom is 0.243 e. The van der Waals surface area contributed by atoms with Crippen LogP contribution in [0.4, 0.5) is 0 Å². The van der Waals surface area contributed by atoms with E-state index in [4.69, 9.17) is 0 Å². The molecule has 7 N–H and O–H groups in total. The summed E-state index contributed by atoms with van der Waals surface area (Å²) in [5.41, 5.74) is 2.45. The first-order valence-corrected chi connectivity index (χ1v) is 17.8. The Hall–Kier alpha value is -2.40. The second kappa shape index (κ2) is 28.1. The molecule has 17 heteroatoms. The molecule has 0 aliphatic heterocycles. The molecule has 54 heavy (non-hydrogen) atoms. The number of benzene rings is 1. The number of aromatic nitrogens is 2. The molecule has 15 nitrogen and oxygen atoms in total. The minimum absolute atomic E-state index is 0. The maximum absolute atomic E-state index is 13.6. The summed E-state index contributed by atoms with van der Waals surface area (Å²) in [4.78, 5) is 84.0. The molecule has 1 aromatic heterocycles. The summed E-state index contributed by atoms with van der Waals surface area (Å²) in [5.74, 6) is -2.55. The van der Waals surface area contributed by atoms with Gasteiger partial charge in [-0.25, -0.2) is 4.98 Å². The average Bonchev–Trinajstić information content (AvgIpc) is 3.60. The van der Waals surface area contributed by atoms with Crippen LogP contribution in [0.25, 0.3) is 0 Å². The second-order valence-corrected chi connectivity index (χ2v) is 13.5. The van der Waals surface area contributed by atoms with Gasteiger partial charge in [-0.05, 0) is 29.4 Å². The molecule has 4 atom stereocenters. The Balaban J connectivity index is 0.0000140. The Labute approximate surface area is 384 Å². The molecule has 0 aliphatic carbocycles. The van der Waals surface area contributed by atoms with Crippen molar-refractivity contribution in [3.05, 3.63) is 67.5 Å². The van der Waals surface area contributed by atoms with Crippen molar-refractivity contribution in [3.63, 3.8) is 0 Å². The number of rotatable bonds is 23. The summed E-state index contributed by atoms with van der Waals surface area (Å²) in [6, 6.07) is 5.80. The number of carbonyl (C=O) groups is 6. The van der Waals surface area contributed by atoms with Crippen molar-refractivity contribution < 1.29 is 109 Å². The van der Waals surface area contributed by atoms with Gasteiger partial charge in [0.1, 0.15) is 12.1 Å². The molecule has 0 spiro atoms. The van der Waals surface area contributed by atoms with Gasteiger partial charge in [0.05, 0.1) is 24.7 Å². The summed E-state index contributed by atoms with van der Waals surface area (Å²) in [6.07, 6.45) is 4.72. The molecule has 2 aromatic rings. The van der Waals surface area contributed by atoms with Crippen LogP contribution in [0, 0.1) is 111 Å². The van der Waals surface area contributed by atoms with Crippen molar-refractivity contribution in [1.29, 1.82) is 0 Å². The first kappa shape index (κ1) is 51.6. The van der Waals surface area contributed by atoms with Crippen LogP contribution in [-0.2, 0) is 48.3 Å². The average molecular weight is 1040 g/mol. The fraction of sp³-hybridized carbons (Fsp3) is 0.541. The summed E-state index contributed by atoms with van der Waals surface area (Å²) >= 11 is 0. The van der Waals surface area contributed by atoms with Gasteiger partial charge in [0.25, 0.3) is 0 Å². The second-order valence-electron chi connectivity index (χ2n) is 13.5. The van der Waals surface area contributed by atoms with Crippen LogP contribution in [0.15, 0.2) is 36.8 Å². The fourth-order valence-electron chi connectivity index (χ4n) is 5.38. The van der Waals surface area contributed by atoms with Crippen molar-refractivity contribution in [1.82, 2.24) is 46.8 Å². The quantitative estimate of drug-likeness (QED) is 0.0792. The molecule has 0 bridgehead atoms. The number of aromatic amines is 1. The molecule has 304 valence electrons. The zero-order valence-corrected chi connectivity index (χ0v) is 36.4. The van der Waals surface area contributed by atoms with Crippen LogP contribution >= 0.6 is 0 Å². The summed E-state index contributed by atoms with van der Waals surface area (Å²) in [7, 11) is 0. The third kappa shape index (κ3) is 21.1. The van der Waals surface area contributed by atoms with Gasteiger partial charge in [0.2, 0.25) is 23.6 Å². The molecule has 0 fully saturated rings. The molecule has 2 rings (SSSR count). The van der Waals surface area contributed by atoms with E-state index in [2.05, 4.69) is 55.7 Å². The molecule has 1 aromatic carbocycles. The first-order chi connectivity index (χ1) is 24.7. The van der Waals surface area contributed by atoms with E-state index in [1.54, 1.807) is 24.3 Å². The monoisotopic (exact) mass is 1040 g/mol. The van der Waals surface area contributed by atoms with Crippen molar-refractivity contribution in [2.75, 3.05) is 32.7 Å². The number of carbonyl (C=O) groups excluding carboxylic acids is 6. The molecule has 1 unspecified atom stereocenters. The predicted octanol–water partition coefficient (Wildman–Crippen LogP) is 0.785. The number of nitrogens with one attached hydrogen (secondary N) is 7. The Bertz CT molecular complexity index is 1440. The number of imidazole rings is 1. The van der Waals surface area contributed by atoms with Crippen LogP contribution in [0.5, 0.6) is 0 Å². The number of H-pyrrole nitrogens is 1. The zero-order valence-electron chi connectivity index (χ0n) is 31.9. The fourth-order valence-corrected chi connectivity index (χ4v) is 5.38. The van der Waals surface area contributed by atoms with Gasteiger partial charge < -0.3 is 60.3 Å². The smallest absolute Gasteiger partial charge is 0.243 e. The van der Waals surface area contributed by atoms with Gasteiger partial charge in [-0.1, -0.05) is 65.3 Å². The largest absolute Gasteiger partial charge is 0.380 e. The standard InChI is InChI=1S/C37H57N9O6.2Gd/c1-8-25(4)34(45-35(50)26(5)17-31-21-38-23-43-31)37(52)44-32(16-24(2)3)36(51)42-20-30-11-9-10-29(18-30)19-41-33(49)22-46(14-12-39-27(6)47)15-13-40-28(7)48;;/h9-11,18,21,23-26,32,34H,6-8,12-17,19-20,22H2,1-5H3,(H,38,43)(H,39,47)(H,40,48)(H,41,49)(H,42,51)(H,44,52)(H,45,50);;/q-2;;/t25?,26-,32-,34-;;/m0../s1. The summed E-state index contributed by atoms with van der Waals surface area (Å²) in [6.45, 7) is 18.0. The van der Waals surface area contributed by atoms with Gasteiger partial charge in [-0.15, -0.1) is 0 Å². The molecule has 0 saturated carbocycles. The van der Waals surface area contributed by atoms with E-state index in [0.29, 0.717) is 45.4 Å². The van der Waals surface area contributed by atoms with Gasteiger partial charge in [-0.2, -0.15) is 0 Å². The topological polar surface area (TPSA) is 207 Å². The predicted molar refractivity (Wildman–Crippen MR) is 198 cm³/mol. The SMILES string of the molecule is [CH2-]C(=O)NCCN(CCNC([CH2-])=O)CC(=O)NCc1cccc(CNC(=O)[C@H](CC(C)C)NC(=O)[C@@H](NC(=O)[C@@H](C)Cc2cnc[nH]2)C(C)CC)c1.[Gd].[Gd]. The van der Waals surface area contributed by atoms with Crippen molar-refractivity contribution in [3.8, 4) is 0 Å². The van der Waals surface area contributed by atoms with Crippen molar-refractivity contribution in [2.24, 2.45) is 17.8 Å². The molecule has 0 saturated heterocycles. The Morgan fingerprint density at radius 2 is 1.41 bits per heavy atom. The number of hydrogen-bond donors (Lipinski definition) is 7. The van der Waals surface area contributed by atoms with Crippen molar-refractivity contribution >= 4 is 35.4 Å². The van der Waals surface area contributed by atoms with Crippen molar-refractivity contribution in [2.45, 2.75) is 79.1 Å². The van der Waals surface area contributed by atoms with Crippen LogP contribution < -0.4 is 31.9 Å². The molecule has 1 heterocycles. The van der Waals surface area contributed by atoms with E-state index in [0.717, 1.165) is 16.8 Å². The van der Waals surface area contributed by atoms with Crippen LogP contribution in [0.3, 0.4) is 0 Å². The molecular formula is C37H57Gd2N9O6-2. The van der Waals surface area contributed by atoms with Crippen LogP contribution in [0.1, 0.15) is 64.3 Å². The number of hydrogen-bond acceptors (Lipinski definition) is 8. The van der Waals surface area contributed by atoms with E-state index in [9.17, 15) is 28.8 Å². The van der Waals surface area contributed by atoms with E-state index in [1.165, 1.54) is 0 Å². The van der Waals surface area contributed by atoms with E-state index < -0.39 is 35.7 Å². The van der Waals surface area contributed by atoms with Gasteiger partial charge in [0, 0.05) is 143 Å². The van der Waals surface area contributed by atoms with E-state index in [1.807, 2.05) is 52.0 Å². The maximum atomic E-state index is 13.6. The van der Waals surface area contributed by atoms with E-state index in [-0.39, 0.29) is 129 Å². The Kier molecular flexibility index (Phi) is 26.8. The summed E-state index contributed by atoms with van der Waals surface area (Å²) < 4.78 is 0. The third-order valence-electron chi connectivity index (χ3n) is 8.48. The van der Waals surface area contributed by atoms with Crippen LogP contribution in [-0.4, -0.2) is 95.1 Å². The third-order valence-corrected chi connectivity index (χ3v) is 8.48. The Morgan fingerprint density at radius 3 is 1.93 bits per heavy atom. The summed E-state index contributed by atoms with van der Waals surface area (Å²) in [5, 5.41) is 16.8.